The Morgan fingerprint density at radius 1 is 1.13 bits per heavy atom. The van der Waals surface area contributed by atoms with Crippen molar-refractivity contribution in [3.8, 4) is 5.75 Å². The molecule has 1 amide bonds. The van der Waals surface area contributed by atoms with Gasteiger partial charge in [-0.2, -0.15) is 10.1 Å². The summed E-state index contributed by atoms with van der Waals surface area (Å²) in [5.41, 5.74) is 2.56. The standard InChI is InChI=1S/C23H18FN3O2S/c1-16-7-12-20-21(13-16)30-23(26-20)27(25-14-17-8-10-18(24)11-9-17)22(28)15-29-19-5-3-2-4-6-19/h2-14H,15H2,1H3. The molecule has 1 aromatic heterocycles. The summed E-state index contributed by atoms with van der Waals surface area (Å²) in [4.78, 5) is 17.5. The van der Waals surface area contributed by atoms with Gasteiger partial charge < -0.3 is 4.74 Å². The molecule has 0 saturated heterocycles. The highest BCUT2D eigenvalue weighted by molar-refractivity contribution is 7.22. The molecular formula is C23H18FN3O2S. The number of fused-ring (bicyclic) bond motifs is 1. The van der Waals surface area contributed by atoms with E-state index in [0.29, 0.717) is 16.4 Å². The Morgan fingerprint density at radius 2 is 1.90 bits per heavy atom. The minimum atomic E-state index is -0.368. The van der Waals surface area contributed by atoms with E-state index in [0.717, 1.165) is 15.8 Å². The number of ether oxygens (including phenoxy) is 1. The second-order valence-electron chi connectivity index (χ2n) is 6.57. The van der Waals surface area contributed by atoms with Gasteiger partial charge >= 0.3 is 0 Å². The fourth-order valence-corrected chi connectivity index (χ4v) is 3.77. The number of halogens is 1. The number of hydrogen-bond acceptors (Lipinski definition) is 5. The lowest BCUT2D eigenvalue weighted by atomic mass is 10.2. The number of anilines is 1. The van der Waals surface area contributed by atoms with E-state index in [-0.39, 0.29) is 18.3 Å². The molecule has 0 bridgehead atoms. The quantitative estimate of drug-likeness (QED) is 0.319. The normalized spacial score (nSPS) is 11.1. The summed E-state index contributed by atoms with van der Waals surface area (Å²) in [6.07, 6.45) is 1.50. The first-order valence-corrected chi connectivity index (χ1v) is 10.1. The number of rotatable bonds is 6. The van der Waals surface area contributed by atoms with Crippen LogP contribution in [0.2, 0.25) is 0 Å². The van der Waals surface area contributed by atoms with Gasteiger partial charge in [-0.3, -0.25) is 4.79 Å². The van der Waals surface area contributed by atoms with Gasteiger partial charge in [0.15, 0.2) is 6.61 Å². The highest BCUT2D eigenvalue weighted by Gasteiger charge is 2.20. The second-order valence-corrected chi connectivity index (χ2v) is 7.58. The van der Waals surface area contributed by atoms with Crippen LogP contribution in [0.1, 0.15) is 11.1 Å². The number of aromatic nitrogens is 1. The van der Waals surface area contributed by atoms with Gasteiger partial charge in [0, 0.05) is 0 Å². The minimum Gasteiger partial charge on any atom is -0.484 e. The first kappa shape index (κ1) is 19.7. The van der Waals surface area contributed by atoms with Crippen LogP contribution in [0.25, 0.3) is 10.2 Å². The maximum absolute atomic E-state index is 13.2. The Balaban J connectivity index is 1.62. The SMILES string of the molecule is Cc1ccc2nc(N(N=Cc3ccc(F)cc3)C(=O)COc3ccccc3)sc2c1. The third-order valence-corrected chi connectivity index (χ3v) is 5.24. The molecule has 30 heavy (non-hydrogen) atoms. The number of aryl methyl sites for hydroxylation is 1. The largest absolute Gasteiger partial charge is 0.484 e. The Labute approximate surface area is 177 Å². The first-order chi connectivity index (χ1) is 14.6. The smallest absolute Gasteiger partial charge is 0.287 e. The molecule has 0 radical (unpaired) electrons. The molecule has 7 heteroatoms. The van der Waals surface area contributed by atoms with Crippen molar-refractivity contribution in [1.29, 1.82) is 0 Å². The summed E-state index contributed by atoms with van der Waals surface area (Å²) in [6, 6.07) is 20.8. The zero-order chi connectivity index (χ0) is 20.9. The average Bonchev–Trinajstić information content (AvgIpc) is 3.17. The number of nitrogens with zero attached hydrogens (tertiary/aromatic N) is 3. The number of amides is 1. The highest BCUT2D eigenvalue weighted by atomic mass is 32.1. The van der Waals surface area contributed by atoms with Crippen LogP contribution >= 0.6 is 11.3 Å². The van der Waals surface area contributed by atoms with Crippen LogP contribution in [0.15, 0.2) is 77.9 Å². The number of thiazole rings is 1. The van der Waals surface area contributed by atoms with Gasteiger partial charge in [-0.15, -0.1) is 0 Å². The Hall–Kier alpha value is -3.58. The molecule has 0 aliphatic carbocycles. The van der Waals surface area contributed by atoms with Gasteiger partial charge in [0.1, 0.15) is 11.6 Å². The number of benzene rings is 3. The Kier molecular flexibility index (Phi) is 5.81. The van der Waals surface area contributed by atoms with Crippen LogP contribution in [-0.4, -0.2) is 23.7 Å². The van der Waals surface area contributed by atoms with Crippen molar-refractivity contribution < 1.29 is 13.9 Å². The topological polar surface area (TPSA) is 54.8 Å². The van der Waals surface area contributed by atoms with E-state index in [1.165, 1.54) is 34.7 Å². The van der Waals surface area contributed by atoms with Crippen molar-refractivity contribution in [3.63, 3.8) is 0 Å². The summed E-state index contributed by atoms with van der Waals surface area (Å²) >= 11 is 1.37. The van der Waals surface area contributed by atoms with E-state index in [4.69, 9.17) is 4.74 Å². The molecule has 0 spiro atoms. The van der Waals surface area contributed by atoms with Gasteiger partial charge in [0.2, 0.25) is 5.13 Å². The number of para-hydroxylation sites is 1. The zero-order valence-electron chi connectivity index (χ0n) is 16.2. The highest BCUT2D eigenvalue weighted by Crippen LogP contribution is 2.30. The number of hydrazone groups is 1. The summed E-state index contributed by atoms with van der Waals surface area (Å²) < 4.78 is 19.7. The molecule has 0 fully saturated rings. The predicted octanol–water partition coefficient (Wildman–Crippen LogP) is 5.19. The van der Waals surface area contributed by atoms with E-state index in [9.17, 15) is 9.18 Å². The third kappa shape index (κ3) is 4.69. The van der Waals surface area contributed by atoms with Crippen LogP contribution in [0.4, 0.5) is 9.52 Å². The molecule has 0 saturated carbocycles. The average molecular weight is 419 g/mol. The van der Waals surface area contributed by atoms with Gasteiger partial charge in [0.05, 0.1) is 16.4 Å². The van der Waals surface area contributed by atoms with Crippen LogP contribution in [0.5, 0.6) is 5.75 Å². The molecule has 3 aromatic carbocycles. The van der Waals surface area contributed by atoms with Crippen LogP contribution < -0.4 is 9.75 Å². The summed E-state index contributed by atoms with van der Waals surface area (Å²) in [6.45, 7) is 1.81. The fraction of sp³-hybridized carbons (Fsp3) is 0.0870. The summed E-state index contributed by atoms with van der Waals surface area (Å²) in [5.74, 6) is -0.112. The van der Waals surface area contributed by atoms with Gasteiger partial charge in [0.25, 0.3) is 5.91 Å². The summed E-state index contributed by atoms with van der Waals surface area (Å²) in [7, 11) is 0. The third-order valence-electron chi connectivity index (χ3n) is 4.25. The van der Waals surface area contributed by atoms with E-state index in [1.54, 1.807) is 24.3 Å². The van der Waals surface area contributed by atoms with E-state index < -0.39 is 0 Å². The van der Waals surface area contributed by atoms with Crippen molar-refractivity contribution >= 4 is 38.8 Å². The van der Waals surface area contributed by atoms with Crippen LogP contribution in [0, 0.1) is 12.7 Å². The molecule has 0 unspecified atom stereocenters. The van der Waals surface area contributed by atoms with Crippen LogP contribution in [-0.2, 0) is 4.79 Å². The Bertz CT molecular complexity index is 1190. The Morgan fingerprint density at radius 3 is 2.67 bits per heavy atom. The van der Waals surface area contributed by atoms with Gasteiger partial charge in [-0.1, -0.05) is 47.7 Å². The molecule has 4 rings (SSSR count). The molecule has 0 aliphatic heterocycles. The molecule has 5 nitrogen and oxygen atoms in total. The molecule has 4 aromatic rings. The predicted molar refractivity (Wildman–Crippen MR) is 118 cm³/mol. The van der Waals surface area contributed by atoms with Crippen molar-refractivity contribution in [2.75, 3.05) is 11.6 Å². The van der Waals surface area contributed by atoms with Crippen LogP contribution in [0.3, 0.4) is 0 Å². The monoisotopic (exact) mass is 419 g/mol. The van der Waals surface area contributed by atoms with Crippen molar-refractivity contribution in [2.24, 2.45) is 5.10 Å². The van der Waals surface area contributed by atoms with E-state index >= 15 is 0 Å². The van der Waals surface area contributed by atoms with Crippen molar-refractivity contribution in [1.82, 2.24) is 4.98 Å². The van der Waals surface area contributed by atoms with E-state index in [2.05, 4.69) is 10.1 Å². The number of carbonyl (C=O) groups is 1. The number of hydrogen-bond donors (Lipinski definition) is 0. The lowest BCUT2D eigenvalue weighted by Crippen LogP contribution is -2.30. The van der Waals surface area contributed by atoms with E-state index in [1.807, 2.05) is 43.3 Å². The van der Waals surface area contributed by atoms with Crippen molar-refractivity contribution in [3.05, 3.63) is 89.7 Å². The molecule has 1 heterocycles. The van der Waals surface area contributed by atoms with Gasteiger partial charge in [-0.05, 0) is 54.4 Å². The van der Waals surface area contributed by atoms with Gasteiger partial charge in [-0.25, -0.2) is 9.37 Å². The second kappa shape index (κ2) is 8.84. The maximum atomic E-state index is 13.2. The molecule has 150 valence electrons. The fourth-order valence-electron chi connectivity index (χ4n) is 2.73. The molecule has 0 N–H and O–H groups in total. The molecular weight excluding hydrogens is 401 g/mol. The van der Waals surface area contributed by atoms with Crippen molar-refractivity contribution in [2.45, 2.75) is 6.92 Å². The molecule has 0 atom stereocenters. The first-order valence-electron chi connectivity index (χ1n) is 9.26. The zero-order valence-corrected chi connectivity index (χ0v) is 17.0. The molecule has 0 aliphatic rings. The summed E-state index contributed by atoms with van der Waals surface area (Å²) in [5, 5.41) is 6.00. The maximum Gasteiger partial charge on any atom is 0.287 e. The minimum absolute atomic E-state index is 0.195. The number of carbonyl (C=O) groups excluding carboxylic acids is 1. The lowest BCUT2D eigenvalue weighted by molar-refractivity contribution is -0.120. The lowest BCUT2D eigenvalue weighted by Gasteiger charge is -2.14.